The first-order valence-electron chi connectivity index (χ1n) is 6.07. The van der Waals surface area contributed by atoms with Crippen LogP contribution in [0.2, 0.25) is 0 Å². The fraction of sp³-hybridized carbons (Fsp3) is 0.583. The van der Waals surface area contributed by atoms with E-state index in [9.17, 15) is 4.79 Å². The second kappa shape index (κ2) is 5.77. The highest BCUT2D eigenvalue weighted by molar-refractivity contribution is 5.90. The lowest BCUT2D eigenvalue weighted by Crippen LogP contribution is -2.34. The molecule has 1 aliphatic carbocycles. The number of aromatic nitrogens is 3. The van der Waals surface area contributed by atoms with Gasteiger partial charge in [-0.15, -0.1) is 11.7 Å². The van der Waals surface area contributed by atoms with Crippen LogP contribution in [-0.4, -0.2) is 52.8 Å². The van der Waals surface area contributed by atoms with Gasteiger partial charge in [-0.05, 0) is 12.8 Å². The van der Waals surface area contributed by atoms with Crippen molar-refractivity contribution in [1.82, 2.24) is 20.1 Å². The van der Waals surface area contributed by atoms with Crippen molar-refractivity contribution in [3.8, 4) is 0 Å². The van der Waals surface area contributed by atoms with Crippen LogP contribution in [0.3, 0.4) is 0 Å². The van der Waals surface area contributed by atoms with Crippen LogP contribution in [-0.2, 0) is 4.74 Å². The van der Waals surface area contributed by atoms with E-state index in [0.717, 1.165) is 18.7 Å². The lowest BCUT2D eigenvalue weighted by molar-refractivity contribution is 0.0706. The molecule has 1 heterocycles. The highest BCUT2D eigenvalue weighted by atomic mass is 16.5. The molecule has 0 radical (unpaired) electrons. The van der Waals surface area contributed by atoms with Crippen LogP contribution in [0.25, 0.3) is 0 Å². The van der Waals surface area contributed by atoms with Crippen molar-refractivity contribution in [2.75, 3.05) is 26.8 Å². The Bertz CT molecular complexity index is 425. The summed E-state index contributed by atoms with van der Waals surface area (Å²) in [6.07, 6.45) is 3.94. The van der Waals surface area contributed by atoms with Gasteiger partial charge in [0.15, 0.2) is 0 Å². The van der Waals surface area contributed by atoms with Crippen molar-refractivity contribution in [3.63, 3.8) is 0 Å². The van der Waals surface area contributed by atoms with Gasteiger partial charge in [-0.2, -0.15) is 0 Å². The van der Waals surface area contributed by atoms with Crippen molar-refractivity contribution in [2.45, 2.75) is 18.8 Å². The first-order chi connectivity index (χ1) is 8.76. The van der Waals surface area contributed by atoms with Gasteiger partial charge >= 0.3 is 0 Å². The van der Waals surface area contributed by atoms with Crippen LogP contribution >= 0.6 is 0 Å². The summed E-state index contributed by atoms with van der Waals surface area (Å²) in [6.45, 7) is 5.11. The van der Waals surface area contributed by atoms with Crippen molar-refractivity contribution < 1.29 is 9.53 Å². The SMILES string of the molecule is C=CCN(CCOC)C(=O)c1n[nH]c(C2CC2)n1. The van der Waals surface area contributed by atoms with E-state index in [0.29, 0.717) is 25.6 Å². The van der Waals surface area contributed by atoms with Crippen LogP contribution < -0.4 is 0 Å². The number of methoxy groups -OCH3 is 1. The van der Waals surface area contributed by atoms with Crippen molar-refractivity contribution in [3.05, 3.63) is 24.3 Å². The maximum Gasteiger partial charge on any atom is 0.293 e. The average molecular weight is 250 g/mol. The Balaban J connectivity index is 2.02. The Morgan fingerprint density at radius 2 is 2.44 bits per heavy atom. The fourth-order valence-corrected chi connectivity index (χ4v) is 1.68. The summed E-state index contributed by atoms with van der Waals surface area (Å²) in [5, 5.41) is 6.82. The van der Waals surface area contributed by atoms with E-state index in [1.165, 1.54) is 0 Å². The molecule has 0 saturated heterocycles. The van der Waals surface area contributed by atoms with Crippen molar-refractivity contribution >= 4 is 5.91 Å². The molecule has 1 aliphatic rings. The first kappa shape index (κ1) is 12.8. The highest BCUT2D eigenvalue weighted by Gasteiger charge is 2.29. The van der Waals surface area contributed by atoms with Crippen molar-refractivity contribution in [1.29, 1.82) is 0 Å². The van der Waals surface area contributed by atoms with Gasteiger partial charge in [0.25, 0.3) is 5.91 Å². The number of carbonyl (C=O) groups is 1. The molecule has 6 heteroatoms. The molecule has 1 fully saturated rings. The molecule has 2 rings (SSSR count). The van der Waals surface area contributed by atoms with E-state index < -0.39 is 0 Å². The Hall–Kier alpha value is -1.69. The molecular formula is C12H18N4O2. The van der Waals surface area contributed by atoms with Crippen LogP contribution in [0.15, 0.2) is 12.7 Å². The maximum atomic E-state index is 12.2. The third-order valence-corrected chi connectivity index (χ3v) is 2.86. The monoisotopic (exact) mass is 250 g/mol. The zero-order chi connectivity index (χ0) is 13.0. The maximum absolute atomic E-state index is 12.2. The number of amides is 1. The molecule has 0 spiro atoms. The lowest BCUT2D eigenvalue weighted by Gasteiger charge is -2.18. The number of carbonyl (C=O) groups excluding carboxylic acids is 1. The van der Waals surface area contributed by atoms with E-state index >= 15 is 0 Å². The summed E-state index contributed by atoms with van der Waals surface area (Å²) in [5.41, 5.74) is 0. The topological polar surface area (TPSA) is 71.1 Å². The van der Waals surface area contributed by atoms with E-state index in [2.05, 4.69) is 21.8 Å². The van der Waals surface area contributed by atoms with Crippen molar-refractivity contribution in [2.24, 2.45) is 0 Å². The van der Waals surface area contributed by atoms with Crippen LogP contribution in [0.5, 0.6) is 0 Å². The number of rotatable bonds is 7. The molecule has 6 nitrogen and oxygen atoms in total. The predicted molar refractivity (Wildman–Crippen MR) is 66.3 cm³/mol. The zero-order valence-corrected chi connectivity index (χ0v) is 10.6. The molecule has 18 heavy (non-hydrogen) atoms. The number of H-pyrrole nitrogens is 1. The number of nitrogens with one attached hydrogen (secondary N) is 1. The number of ether oxygens (including phenoxy) is 1. The normalized spacial score (nSPS) is 14.5. The van der Waals surface area contributed by atoms with Gasteiger partial charge in [0, 0.05) is 26.1 Å². The average Bonchev–Trinajstić information content (AvgIpc) is 3.11. The van der Waals surface area contributed by atoms with Gasteiger partial charge in [0.1, 0.15) is 5.82 Å². The quantitative estimate of drug-likeness (QED) is 0.732. The standard InChI is InChI=1S/C12H18N4O2/c1-3-6-16(7-8-18-2)12(17)11-13-10(14-15-11)9-4-5-9/h3,9H,1,4-8H2,2H3,(H,13,14,15). The number of aromatic amines is 1. The van der Waals surface area contributed by atoms with Crippen LogP contribution in [0, 0.1) is 0 Å². The highest BCUT2D eigenvalue weighted by Crippen LogP contribution is 2.37. The minimum Gasteiger partial charge on any atom is -0.383 e. The summed E-state index contributed by atoms with van der Waals surface area (Å²) >= 11 is 0. The van der Waals surface area contributed by atoms with Gasteiger partial charge in [0.2, 0.25) is 5.82 Å². The van der Waals surface area contributed by atoms with E-state index in [4.69, 9.17) is 4.74 Å². The second-order valence-electron chi connectivity index (χ2n) is 4.35. The molecule has 0 aliphatic heterocycles. The molecule has 0 unspecified atom stereocenters. The Morgan fingerprint density at radius 3 is 3.06 bits per heavy atom. The Labute approximate surface area is 106 Å². The van der Waals surface area contributed by atoms with Crippen LogP contribution in [0.4, 0.5) is 0 Å². The molecular weight excluding hydrogens is 232 g/mol. The summed E-state index contributed by atoms with van der Waals surface area (Å²) in [7, 11) is 1.61. The molecule has 0 bridgehead atoms. The largest absolute Gasteiger partial charge is 0.383 e. The minimum absolute atomic E-state index is 0.185. The molecule has 1 N–H and O–H groups in total. The summed E-state index contributed by atoms with van der Waals surface area (Å²) in [6, 6.07) is 0. The molecule has 1 amide bonds. The lowest BCUT2D eigenvalue weighted by atomic mass is 10.4. The third-order valence-electron chi connectivity index (χ3n) is 2.86. The molecule has 1 aromatic rings. The molecule has 0 aromatic carbocycles. The predicted octanol–water partition coefficient (Wildman–Crippen LogP) is 0.957. The van der Waals surface area contributed by atoms with Gasteiger partial charge in [-0.3, -0.25) is 9.89 Å². The van der Waals surface area contributed by atoms with Gasteiger partial charge < -0.3 is 9.64 Å². The molecule has 1 aromatic heterocycles. The second-order valence-corrected chi connectivity index (χ2v) is 4.35. The zero-order valence-electron chi connectivity index (χ0n) is 10.6. The minimum atomic E-state index is -0.185. The number of hydrogen-bond acceptors (Lipinski definition) is 4. The molecule has 1 saturated carbocycles. The molecule has 98 valence electrons. The van der Waals surface area contributed by atoms with E-state index in [1.807, 2.05) is 0 Å². The van der Waals surface area contributed by atoms with Gasteiger partial charge in [-0.25, -0.2) is 4.98 Å². The number of hydrogen-bond donors (Lipinski definition) is 1. The van der Waals surface area contributed by atoms with E-state index in [-0.39, 0.29) is 11.7 Å². The third kappa shape index (κ3) is 2.95. The van der Waals surface area contributed by atoms with Gasteiger partial charge in [0.05, 0.1) is 6.61 Å². The first-order valence-corrected chi connectivity index (χ1v) is 6.07. The fourth-order valence-electron chi connectivity index (χ4n) is 1.68. The summed E-state index contributed by atoms with van der Waals surface area (Å²) in [4.78, 5) is 18.0. The summed E-state index contributed by atoms with van der Waals surface area (Å²) in [5.74, 6) is 1.33. The Kier molecular flexibility index (Phi) is 4.09. The summed E-state index contributed by atoms with van der Waals surface area (Å²) < 4.78 is 4.98. The Morgan fingerprint density at radius 1 is 1.67 bits per heavy atom. The van der Waals surface area contributed by atoms with Gasteiger partial charge in [-0.1, -0.05) is 6.08 Å². The van der Waals surface area contributed by atoms with Crippen LogP contribution in [0.1, 0.15) is 35.2 Å². The number of nitrogens with zero attached hydrogens (tertiary/aromatic N) is 3. The smallest absolute Gasteiger partial charge is 0.293 e. The van der Waals surface area contributed by atoms with E-state index in [1.54, 1.807) is 18.1 Å². The molecule has 0 atom stereocenters.